The van der Waals surface area contributed by atoms with E-state index >= 15 is 0 Å². The minimum Gasteiger partial charge on any atom is -0.395 e. The molecular formula is C15H35NO7P2. The molecule has 0 heterocycles. The maximum Gasteiger partial charge on any atom is 0.345 e. The number of hydrogen-bond acceptors (Lipinski definition) is 8. The van der Waals surface area contributed by atoms with Gasteiger partial charge in [0.05, 0.1) is 38.2 Å². The Morgan fingerprint density at radius 3 is 1.72 bits per heavy atom. The van der Waals surface area contributed by atoms with Gasteiger partial charge in [-0.3, -0.25) is 14.0 Å². The summed E-state index contributed by atoms with van der Waals surface area (Å²) >= 11 is 0. The Hall–Kier alpha value is 0.220. The van der Waals surface area contributed by atoms with Gasteiger partial charge in [0.25, 0.3) is 0 Å². The average molecular weight is 403 g/mol. The van der Waals surface area contributed by atoms with E-state index in [9.17, 15) is 14.2 Å². The van der Waals surface area contributed by atoms with E-state index in [4.69, 9.17) is 18.1 Å². The highest BCUT2D eigenvalue weighted by Gasteiger charge is 2.32. The molecule has 1 N–H and O–H groups in total. The fraction of sp³-hybridized carbons (Fsp3) is 1.00. The summed E-state index contributed by atoms with van der Waals surface area (Å²) in [5.74, 6) is 0. The first-order valence-electron chi connectivity index (χ1n) is 8.77. The molecule has 0 atom stereocenters. The van der Waals surface area contributed by atoms with Crippen LogP contribution in [0, 0.1) is 0 Å². The number of aliphatic hydroxyl groups is 1. The lowest BCUT2D eigenvalue weighted by Gasteiger charge is -2.29. The Balaban J connectivity index is 5.05. The molecule has 8 nitrogen and oxygen atoms in total. The molecule has 0 saturated heterocycles. The minimum absolute atomic E-state index is 0.00215. The Morgan fingerprint density at radius 1 is 0.880 bits per heavy atom. The zero-order valence-electron chi connectivity index (χ0n) is 16.3. The Labute approximate surface area is 152 Å². The molecule has 25 heavy (non-hydrogen) atoms. The van der Waals surface area contributed by atoms with E-state index in [1.807, 2.05) is 0 Å². The summed E-state index contributed by atoms with van der Waals surface area (Å²) in [4.78, 5) is 1.70. The normalized spacial score (nSPS) is 13.4. The number of rotatable bonds is 15. The van der Waals surface area contributed by atoms with E-state index in [-0.39, 0.29) is 57.6 Å². The summed E-state index contributed by atoms with van der Waals surface area (Å²) in [6.07, 6.45) is -0.391. The van der Waals surface area contributed by atoms with Gasteiger partial charge in [0, 0.05) is 13.1 Å². The van der Waals surface area contributed by atoms with Gasteiger partial charge in [-0.2, -0.15) is 0 Å². The van der Waals surface area contributed by atoms with Crippen molar-refractivity contribution in [2.75, 3.05) is 45.4 Å². The average Bonchev–Trinajstić information content (AvgIpc) is 2.43. The zero-order chi connectivity index (χ0) is 19.5. The molecule has 0 aliphatic carbocycles. The molecule has 0 radical (unpaired) electrons. The van der Waals surface area contributed by atoms with Crippen molar-refractivity contribution in [2.45, 2.75) is 53.8 Å². The highest BCUT2D eigenvalue weighted by Crippen LogP contribution is 2.52. The van der Waals surface area contributed by atoms with Crippen molar-refractivity contribution >= 4 is 15.2 Å². The van der Waals surface area contributed by atoms with Crippen molar-refractivity contribution in [3.05, 3.63) is 0 Å². The van der Waals surface area contributed by atoms with Gasteiger partial charge in [0.15, 0.2) is 0 Å². The van der Waals surface area contributed by atoms with Gasteiger partial charge in [0.2, 0.25) is 0 Å². The Kier molecular flexibility index (Phi) is 12.7. The molecule has 0 aliphatic heterocycles. The van der Waals surface area contributed by atoms with Crippen LogP contribution in [-0.4, -0.2) is 67.6 Å². The van der Waals surface area contributed by atoms with E-state index in [1.165, 1.54) is 0 Å². The molecule has 0 amide bonds. The summed E-state index contributed by atoms with van der Waals surface area (Å²) < 4.78 is 47.2. The molecule has 10 heteroatoms. The van der Waals surface area contributed by atoms with Crippen LogP contribution in [0.15, 0.2) is 0 Å². The lowest BCUT2D eigenvalue weighted by atomic mass is 10.5. The summed E-state index contributed by atoms with van der Waals surface area (Å²) in [6.45, 7) is 11.6. The monoisotopic (exact) mass is 403 g/mol. The molecule has 0 rings (SSSR count). The van der Waals surface area contributed by atoms with Gasteiger partial charge < -0.3 is 23.2 Å². The number of aliphatic hydroxyl groups excluding tert-OH is 1. The molecule has 0 fully saturated rings. The third kappa shape index (κ3) is 11.5. The maximum absolute atomic E-state index is 13.0. The quantitative estimate of drug-likeness (QED) is 0.415. The maximum atomic E-state index is 13.0. The molecule has 0 aliphatic rings. The topological polar surface area (TPSA) is 94.5 Å². The highest BCUT2D eigenvalue weighted by molar-refractivity contribution is 7.54. The van der Waals surface area contributed by atoms with Gasteiger partial charge in [0.1, 0.15) is 6.29 Å². The molecule has 152 valence electrons. The second kappa shape index (κ2) is 12.6. The van der Waals surface area contributed by atoms with Gasteiger partial charge in [-0.25, -0.2) is 0 Å². The van der Waals surface area contributed by atoms with Crippen molar-refractivity contribution in [1.29, 1.82) is 0 Å². The molecule has 0 aromatic rings. The number of hydrogen-bond donors (Lipinski definition) is 1. The second-order valence-electron chi connectivity index (χ2n) is 6.07. The second-order valence-corrected chi connectivity index (χ2v) is 10.2. The zero-order valence-corrected chi connectivity index (χ0v) is 18.1. The van der Waals surface area contributed by atoms with Crippen LogP contribution in [0.2, 0.25) is 0 Å². The first-order valence-corrected chi connectivity index (χ1v) is 12.2. The molecule has 0 spiro atoms. The van der Waals surface area contributed by atoms with E-state index in [2.05, 4.69) is 0 Å². The third-order valence-corrected chi connectivity index (χ3v) is 7.16. The summed E-state index contributed by atoms with van der Waals surface area (Å²) in [7, 11) is -6.60. The molecule has 0 saturated carbocycles. The predicted octanol–water partition coefficient (Wildman–Crippen LogP) is 3.55. The molecule has 0 aromatic carbocycles. The fourth-order valence-electron chi connectivity index (χ4n) is 2.20. The van der Waals surface area contributed by atoms with Crippen LogP contribution in [-0.2, 0) is 27.2 Å². The van der Waals surface area contributed by atoms with Gasteiger partial charge in [-0.15, -0.1) is 0 Å². The van der Waals surface area contributed by atoms with Crippen molar-refractivity contribution < 1.29 is 32.3 Å². The van der Waals surface area contributed by atoms with Crippen LogP contribution in [0.5, 0.6) is 0 Å². The van der Waals surface area contributed by atoms with Crippen molar-refractivity contribution in [1.82, 2.24) is 4.90 Å². The summed E-state index contributed by atoms with van der Waals surface area (Å²) in [6, 6.07) is 0. The molecule has 0 unspecified atom stereocenters. The lowest BCUT2D eigenvalue weighted by molar-refractivity contribution is 0.126. The van der Waals surface area contributed by atoms with Gasteiger partial charge >= 0.3 is 15.2 Å². The van der Waals surface area contributed by atoms with Crippen LogP contribution in [0.3, 0.4) is 0 Å². The highest BCUT2D eigenvalue weighted by atomic mass is 31.2. The first-order chi connectivity index (χ1) is 11.6. The van der Waals surface area contributed by atoms with Crippen molar-refractivity contribution in [3.63, 3.8) is 0 Å². The van der Waals surface area contributed by atoms with E-state index < -0.39 is 15.2 Å². The Morgan fingerprint density at radius 2 is 1.36 bits per heavy atom. The Bertz CT molecular complexity index is 422. The first kappa shape index (κ1) is 25.2. The van der Waals surface area contributed by atoms with Gasteiger partial charge in [-0.1, -0.05) is 0 Å². The van der Waals surface area contributed by atoms with Crippen molar-refractivity contribution in [2.24, 2.45) is 0 Å². The minimum atomic E-state index is -3.39. The van der Waals surface area contributed by atoms with E-state index in [0.717, 1.165) is 0 Å². The summed E-state index contributed by atoms with van der Waals surface area (Å²) in [5, 5.41) is 9.29. The largest absolute Gasteiger partial charge is 0.395 e. The number of nitrogens with zero attached hydrogens (tertiary/aromatic N) is 1. The van der Waals surface area contributed by atoms with E-state index in [1.54, 1.807) is 46.4 Å². The van der Waals surface area contributed by atoms with Crippen LogP contribution in [0.1, 0.15) is 41.5 Å². The molecule has 0 aromatic heterocycles. The van der Waals surface area contributed by atoms with Crippen LogP contribution in [0.25, 0.3) is 0 Å². The lowest BCUT2D eigenvalue weighted by Crippen LogP contribution is -2.32. The van der Waals surface area contributed by atoms with Crippen LogP contribution >= 0.6 is 15.2 Å². The smallest absolute Gasteiger partial charge is 0.345 e. The SMILES string of the molecule is CCOP(=O)(CCN(CCO)CP(=O)(OC(C)C)OC(C)C)OCC. The standard InChI is InChI=1S/C15H35NO7P2/c1-7-20-24(18,21-8-2)12-10-16(9-11-17)13-25(19,22-14(3)4)23-15(5)6/h14-15,17H,7-13H2,1-6H3. The van der Waals surface area contributed by atoms with Crippen molar-refractivity contribution in [3.8, 4) is 0 Å². The molecular weight excluding hydrogens is 368 g/mol. The third-order valence-electron chi connectivity index (χ3n) is 2.87. The van der Waals surface area contributed by atoms with Crippen LogP contribution in [0.4, 0.5) is 0 Å². The summed E-state index contributed by atoms with van der Waals surface area (Å²) in [5.41, 5.74) is 0. The van der Waals surface area contributed by atoms with Crippen LogP contribution < -0.4 is 0 Å². The van der Waals surface area contributed by atoms with Gasteiger partial charge in [-0.05, 0) is 41.5 Å². The molecule has 0 bridgehead atoms. The van der Waals surface area contributed by atoms with E-state index in [0.29, 0.717) is 0 Å². The fourth-order valence-corrected chi connectivity index (χ4v) is 6.09. The predicted molar refractivity (Wildman–Crippen MR) is 99.3 cm³/mol.